The highest BCUT2D eigenvalue weighted by Gasteiger charge is 2.47. The first-order valence-electron chi connectivity index (χ1n) is 6.32. The number of nitrogens with zero attached hydrogens (tertiary/aromatic N) is 1. The first-order chi connectivity index (χ1) is 7.59. The SMILES string of the molecule is Cc1nc(C(C)(NC2CC2)C2CC2)sc1C. The largest absolute Gasteiger partial charge is 0.303 e. The first kappa shape index (κ1) is 10.7. The van der Waals surface area contributed by atoms with Crippen LogP contribution in [0.2, 0.25) is 0 Å². The van der Waals surface area contributed by atoms with Crippen LogP contribution in [0.5, 0.6) is 0 Å². The second kappa shape index (κ2) is 3.54. The lowest BCUT2D eigenvalue weighted by Crippen LogP contribution is -2.43. The quantitative estimate of drug-likeness (QED) is 0.868. The van der Waals surface area contributed by atoms with Crippen LogP contribution >= 0.6 is 11.3 Å². The van der Waals surface area contributed by atoms with E-state index in [1.807, 2.05) is 11.3 Å². The molecule has 1 atom stereocenters. The van der Waals surface area contributed by atoms with Gasteiger partial charge in [0.1, 0.15) is 5.01 Å². The minimum Gasteiger partial charge on any atom is -0.303 e. The zero-order valence-electron chi connectivity index (χ0n) is 10.3. The van der Waals surface area contributed by atoms with E-state index in [2.05, 4.69) is 26.1 Å². The molecule has 2 nitrogen and oxygen atoms in total. The van der Waals surface area contributed by atoms with Crippen molar-refractivity contribution in [3.05, 3.63) is 15.6 Å². The lowest BCUT2D eigenvalue weighted by atomic mass is 9.96. The Bertz CT molecular complexity index is 385. The van der Waals surface area contributed by atoms with Crippen LogP contribution in [0.4, 0.5) is 0 Å². The average molecular weight is 236 g/mol. The predicted octanol–water partition coefficient (Wildman–Crippen LogP) is 3.14. The van der Waals surface area contributed by atoms with Gasteiger partial charge >= 0.3 is 0 Å². The summed E-state index contributed by atoms with van der Waals surface area (Å²) in [6, 6.07) is 0.759. The summed E-state index contributed by atoms with van der Waals surface area (Å²) in [6.45, 7) is 6.67. The summed E-state index contributed by atoms with van der Waals surface area (Å²) in [4.78, 5) is 6.15. The number of thiazole rings is 1. The van der Waals surface area contributed by atoms with Crippen LogP contribution in [0.15, 0.2) is 0 Å². The molecule has 88 valence electrons. The van der Waals surface area contributed by atoms with E-state index in [1.54, 1.807) is 0 Å². The number of aryl methyl sites for hydroxylation is 2. The second-order valence-corrected chi connectivity index (χ2v) is 6.76. The van der Waals surface area contributed by atoms with Crippen molar-refractivity contribution < 1.29 is 0 Å². The van der Waals surface area contributed by atoms with Gasteiger partial charge in [-0.05, 0) is 52.4 Å². The lowest BCUT2D eigenvalue weighted by Gasteiger charge is -2.29. The molecule has 0 saturated heterocycles. The highest BCUT2D eigenvalue weighted by atomic mass is 32.1. The molecule has 0 bridgehead atoms. The van der Waals surface area contributed by atoms with Gasteiger partial charge in [-0.15, -0.1) is 11.3 Å². The number of hydrogen-bond donors (Lipinski definition) is 1. The fourth-order valence-corrected chi connectivity index (χ4v) is 3.47. The maximum Gasteiger partial charge on any atom is 0.113 e. The molecule has 0 aliphatic heterocycles. The maximum atomic E-state index is 4.78. The molecule has 2 saturated carbocycles. The van der Waals surface area contributed by atoms with Crippen molar-refractivity contribution in [2.45, 2.75) is 58.0 Å². The Kier molecular flexibility index (Phi) is 2.37. The van der Waals surface area contributed by atoms with E-state index < -0.39 is 0 Å². The van der Waals surface area contributed by atoms with Gasteiger partial charge in [0.05, 0.1) is 11.2 Å². The Labute approximate surface area is 101 Å². The third kappa shape index (κ3) is 1.80. The van der Waals surface area contributed by atoms with Gasteiger partial charge in [0, 0.05) is 10.9 Å². The van der Waals surface area contributed by atoms with Crippen LogP contribution in [0, 0.1) is 19.8 Å². The second-order valence-electron chi connectivity index (χ2n) is 5.56. The van der Waals surface area contributed by atoms with Crippen molar-refractivity contribution in [1.82, 2.24) is 10.3 Å². The van der Waals surface area contributed by atoms with E-state index in [0.29, 0.717) is 0 Å². The minimum atomic E-state index is 0.158. The maximum absolute atomic E-state index is 4.78. The Morgan fingerprint density at radius 2 is 1.94 bits per heavy atom. The van der Waals surface area contributed by atoms with E-state index in [1.165, 1.54) is 41.3 Å². The monoisotopic (exact) mass is 236 g/mol. The molecule has 3 heteroatoms. The summed E-state index contributed by atoms with van der Waals surface area (Å²) < 4.78 is 0. The number of hydrogen-bond acceptors (Lipinski definition) is 3. The molecular weight excluding hydrogens is 216 g/mol. The number of nitrogens with one attached hydrogen (secondary N) is 1. The predicted molar refractivity (Wildman–Crippen MR) is 67.8 cm³/mol. The minimum absolute atomic E-state index is 0.158. The van der Waals surface area contributed by atoms with Gasteiger partial charge in [-0.3, -0.25) is 0 Å². The van der Waals surface area contributed by atoms with Crippen molar-refractivity contribution in [3.63, 3.8) is 0 Å². The van der Waals surface area contributed by atoms with Crippen molar-refractivity contribution >= 4 is 11.3 Å². The molecule has 1 unspecified atom stereocenters. The third-order valence-electron chi connectivity index (χ3n) is 3.95. The summed E-state index contributed by atoms with van der Waals surface area (Å²) >= 11 is 1.89. The normalized spacial score (nSPS) is 24.4. The third-order valence-corrected chi connectivity index (χ3v) is 5.26. The first-order valence-corrected chi connectivity index (χ1v) is 7.13. The molecule has 2 aliphatic rings. The molecule has 16 heavy (non-hydrogen) atoms. The highest BCUT2D eigenvalue weighted by molar-refractivity contribution is 7.11. The van der Waals surface area contributed by atoms with Crippen molar-refractivity contribution in [1.29, 1.82) is 0 Å². The van der Waals surface area contributed by atoms with E-state index in [4.69, 9.17) is 4.98 Å². The Morgan fingerprint density at radius 3 is 2.38 bits per heavy atom. The summed E-state index contributed by atoms with van der Waals surface area (Å²) in [5, 5.41) is 5.15. The molecule has 0 amide bonds. The fourth-order valence-electron chi connectivity index (χ4n) is 2.36. The molecule has 1 heterocycles. The van der Waals surface area contributed by atoms with Gasteiger partial charge < -0.3 is 5.32 Å². The average Bonchev–Trinajstić information content (AvgIpc) is 3.10. The fraction of sp³-hybridized carbons (Fsp3) is 0.769. The Morgan fingerprint density at radius 1 is 1.25 bits per heavy atom. The Hall–Kier alpha value is -0.410. The molecule has 1 aromatic rings. The van der Waals surface area contributed by atoms with Gasteiger partial charge in [-0.25, -0.2) is 4.98 Å². The molecule has 0 radical (unpaired) electrons. The van der Waals surface area contributed by atoms with Crippen molar-refractivity contribution in [3.8, 4) is 0 Å². The standard InChI is InChI=1S/C13H20N2S/c1-8-9(2)16-12(14-8)13(3,10-4-5-10)15-11-6-7-11/h10-11,15H,4-7H2,1-3H3. The smallest absolute Gasteiger partial charge is 0.113 e. The summed E-state index contributed by atoms with van der Waals surface area (Å²) in [7, 11) is 0. The zero-order chi connectivity index (χ0) is 11.3. The molecule has 0 spiro atoms. The van der Waals surface area contributed by atoms with Crippen LogP contribution in [-0.2, 0) is 5.54 Å². The lowest BCUT2D eigenvalue weighted by molar-refractivity contribution is 0.313. The number of rotatable bonds is 4. The summed E-state index contributed by atoms with van der Waals surface area (Å²) in [6.07, 6.45) is 5.44. The molecule has 3 rings (SSSR count). The van der Waals surface area contributed by atoms with E-state index in [0.717, 1.165) is 12.0 Å². The molecule has 0 aromatic carbocycles. The van der Waals surface area contributed by atoms with Crippen molar-refractivity contribution in [2.75, 3.05) is 0 Å². The van der Waals surface area contributed by atoms with Crippen LogP contribution in [0.3, 0.4) is 0 Å². The van der Waals surface area contributed by atoms with Crippen LogP contribution in [0.25, 0.3) is 0 Å². The van der Waals surface area contributed by atoms with Crippen LogP contribution < -0.4 is 5.32 Å². The van der Waals surface area contributed by atoms with Gasteiger partial charge in [0.25, 0.3) is 0 Å². The molecular formula is C13H20N2S. The molecule has 2 aliphatic carbocycles. The van der Waals surface area contributed by atoms with Crippen molar-refractivity contribution in [2.24, 2.45) is 5.92 Å². The van der Waals surface area contributed by atoms with E-state index in [9.17, 15) is 0 Å². The highest BCUT2D eigenvalue weighted by Crippen LogP contribution is 2.48. The molecule has 1 aromatic heterocycles. The molecule has 1 N–H and O–H groups in total. The van der Waals surface area contributed by atoms with Gasteiger partial charge in [0.15, 0.2) is 0 Å². The van der Waals surface area contributed by atoms with Gasteiger partial charge in [-0.2, -0.15) is 0 Å². The topological polar surface area (TPSA) is 24.9 Å². The Balaban J connectivity index is 1.91. The molecule has 2 fully saturated rings. The van der Waals surface area contributed by atoms with E-state index >= 15 is 0 Å². The van der Waals surface area contributed by atoms with Gasteiger partial charge in [0.2, 0.25) is 0 Å². The van der Waals surface area contributed by atoms with E-state index in [-0.39, 0.29) is 5.54 Å². The summed E-state index contributed by atoms with van der Waals surface area (Å²) in [5.41, 5.74) is 1.37. The van der Waals surface area contributed by atoms with Crippen LogP contribution in [0.1, 0.15) is 48.2 Å². The summed E-state index contributed by atoms with van der Waals surface area (Å²) in [5.74, 6) is 0.818. The van der Waals surface area contributed by atoms with Gasteiger partial charge in [-0.1, -0.05) is 0 Å². The zero-order valence-corrected chi connectivity index (χ0v) is 11.2. The number of aromatic nitrogens is 1. The van der Waals surface area contributed by atoms with Crippen LogP contribution in [-0.4, -0.2) is 11.0 Å².